The van der Waals surface area contributed by atoms with E-state index in [2.05, 4.69) is 10.2 Å². The second-order valence-electron chi connectivity index (χ2n) is 5.79. The van der Waals surface area contributed by atoms with E-state index < -0.39 is 0 Å². The van der Waals surface area contributed by atoms with Crippen molar-refractivity contribution < 1.29 is 9.21 Å². The number of benzene rings is 1. The maximum absolute atomic E-state index is 12.5. The summed E-state index contributed by atoms with van der Waals surface area (Å²) in [6, 6.07) is 7.81. The maximum Gasteiger partial charge on any atom is 0.191 e. The first-order chi connectivity index (χ1) is 11.5. The molecule has 1 aromatic carbocycles. The van der Waals surface area contributed by atoms with Crippen molar-refractivity contribution in [1.82, 2.24) is 14.8 Å². The van der Waals surface area contributed by atoms with E-state index in [1.165, 1.54) is 11.8 Å². The summed E-state index contributed by atoms with van der Waals surface area (Å²) in [4.78, 5) is 12.5. The van der Waals surface area contributed by atoms with Gasteiger partial charge in [-0.3, -0.25) is 4.79 Å². The highest BCUT2D eigenvalue weighted by molar-refractivity contribution is 7.99. The minimum atomic E-state index is 0.102. The Balaban J connectivity index is 1.76. The smallest absolute Gasteiger partial charge is 0.191 e. The lowest BCUT2D eigenvalue weighted by Crippen LogP contribution is -2.06. The summed E-state index contributed by atoms with van der Waals surface area (Å²) in [6.07, 6.45) is 1.64. The fourth-order valence-corrected chi connectivity index (χ4v) is 3.33. The van der Waals surface area contributed by atoms with Gasteiger partial charge >= 0.3 is 0 Å². The number of carbonyl (C=O) groups is 1. The molecule has 0 fully saturated rings. The van der Waals surface area contributed by atoms with Gasteiger partial charge in [0.2, 0.25) is 0 Å². The van der Waals surface area contributed by atoms with Crippen LogP contribution in [0.1, 0.15) is 27.2 Å². The van der Waals surface area contributed by atoms with Gasteiger partial charge in [-0.2, -0.15) is 0 Å². The van der Waals surface area contributed by atoms with Gasteiger partial charge in [0.15, 0.2) is 16.8 Å². The molecular formula is C18H19N3O2S. The highest BCUT2D eigenvalue weighted by Gasteiger charge is 2.17. The third-order valence-electron chi connectivity index (χ3n) is 3.96. The van der Waals surface area contributed by atoms with Crippen molar-refractivity contribution in [3.8, 4) is 11.4 Å². The number of ketones is 1. The van der Waals surface area contributed by atoms with Crippen LogP contribution in [0.5, 0.6) is 0 Å². The van der Waals surface area contributed by atoms with Crippen LogP contribution in [0, 0.1) is 20.8 Å². The van der Waals surface area contributed by atoms with Crippen LogP contribution in [0.2, 0.25) is 0 Å². The van der Waals surface area contributed by atoms with Crippen molar-refractivity contribution in [1.29, 1.82) is 0 Å². The minimum Gasteiger partial charge on any atom is -0.469 e. The van der Waals surface area contributed by atoms with E-state index in [9.17, 15) is 4.79 Å². The molecule has 24 heavy (non-hydrogen) atoms. The Morgan fingerprint density at radius 2 is 2.00 bits per heavy atom. The van der Waals surface area contributed by atoms with Crippen molar-refractivity contribution in [2.75, 3.05) is 5.75 Å². The summed E-state index contributed by atoms with van der Waals surface area (Å²) >= 11 is 1.40. The third kappa shape index (κ3) is 3.14. The van der Waals surface area contributed by atoms with Gasteiger partial charge in [0.1, 0.15) is 5.76 Å². The van der Waals surface area contributed by atoms with E-state index in [0.29, 0.717) is 10.9 Å². The third-order valence-corrected chi connectivity index (χ3v) is 4.98. The first kappa shape index (κ1) is 16.5. The second-order valence-corrected chi connectivity index (χ2v) is 6.73. The van der Waals surface area contributed by atoms with Crippen LogP contribution in [-0.4, -0.2) is 26.3 Å². The number of hydrogen-bond acceptors (Lipinski definition) is 5. The van der Waals surface area contributed by atoms with Gasteiger partial charge in [0.25, 0.3) is 0 Å². The molecule has 0 bridgehead atoms. The number of Topliss-reactive ketones (excluding diaryl/α,β-unsaturated/α-hetero) is 1. The molecule has 0 unspecified atom stereocenters. The minimum absolute atomic E-state index is 0.102. The average Bonchev–Trinajstić information content (AvgIpc) is 3.13. The zero-order valence-electron chi connectivity index (χ0n) is 14.2. The van der Waals surface area contributed by atoms with Crippen LogP contribution in [0.15, 0.2) is 40.1 Å². The summed E-state index contributed by atoms with van der Waals surface area (Å²) in [5, 5.41) is 9.13. The Morgan fingerprint density at radius 1 is 1.21 bits per heavy atom. The topological polar surface area (TPSA) is 60.9 Å². The largest absolute Gasteiger partial charge is 0.469 e. The van der Waals surface area contributed by atoms with Gasteiger partial charge in [-0.05, 0) is 38.5 Å². The molecule has 6 heteroatoms. The lowest BCUT2D eigenvalue weighted by molar-refractivity contribution is 0.102. The number of rotatable bonds is 5. The first-order valence-corrected chi connectivity index (χ1v) is 8.63. The number of aromatic nitrogens is 3. The first-order valence-electron chi connectivity index (χ1n) is 7.64. The number of hydrogen-bond donors (Lipinski definition) is 0. The summed E-state index contributed by atoms with van der Waals surface area (Å²) in [5.41, 5.74) is 3.78. The predicted molar refractivity (Wildman–Crippen MR) is 94.4 cm³/mol. The monoisotopic (exact) mass is 341 g/mol. The zero-order valence-corrected chi connectivity index (χ0v) is 15.0. The highest BCUT2D eigenvalue weighted by Crippen LogP contribution is 2.26. The lowest BCUT2D eigenvalue weighted by atomic mass is 10.0. The van der Waals surface area contributed by atoms with E-state index in [1.54, 1.807) is 6.26 Å². The van der Waals surface area contributed by atoms with Crippen molar-refractivity contribution in [2.24, 2.45) is 7.05 Å². The molecule has 0 atom stereocenters. The molecule has 0 amide bonds. The number of furan rings is 1. The maximum atomic E-state index is 12.5. The number of carbonyl (C=O) groups excluding carboxylic acids is 1. The Bertz CT molecular complexity index is 896. The Hall–Kier alpha value is -2.34. The molecule has 3 rings (SSSR count). The molecule has 0 aliphatic rings. The van der Waals surface area contributed by atoms with Crippen LogP contribution < -0.4 is 0 Å². The fourth-order valence-electron chi connectivity index (χ4n) is 2.54. The SMILES string of the molecule is Cc1ccc(C)c(C(=O)CSc2nnc(-c3ccoc3C)n2C)c1. The molecule has 2 heterocycles. The average molecular weight is 341 g/mol. The van der Waals surface area contributed by atoms with E-state index in [1.807, 2.05) is 56.7 Å². The van der Waals surface area contributed by atoms with Crippen molar-refractivity contribution in [3.05, 3.63) is 53.0 Å². The van der Waals surface area contributed by atoms with E-state index in [0.717, 1.165) is 33.8 Å². The van der Waals surface area contributed by atoms with Crippen LogP contribution in [-0.2, 0) is 7.05 Å². The Kier molecular flexibility index (Phi) is 4.57. The van der Waals surface area contributed by atoms with Crippen LogP contribution in [0.25, 0.3) is 11.4 Å². The summed E-state index contributed by atoms with van der Waals surface area (Å²) in [5.74, 6) is 1.97. The van der Waals surface area contributed by atoms with Crippen molar-refractivity contribution >= 4 is 17.5 Å². The summed E-state index contributed by atoms with van der Waals surface area (Å²) < 4.78 is 7.21. The molecule has 0 aliphatic heterocycles. The Morgan fingerprint density at radius 3 is 2.71 bits per heavy atom. The normalized spacial score (nSPS) is 11.0. The number of thioether (sulfide) groups is 1. The standard InChI is InChI=1S/C18H19N3O2S/c1-11-5-6-12(2)15(9-11)16(22)10-24-18-20-19-17(21(18)4)14-7-8-23-13(14)3/h5-9H,10H2,1-4H3. The molecule has 0 radical (unpaired) electrons. The molecule has 0 saturated carbocycles. The van der Waals surface area contributed by atoms with Gasteiger partial charge < -0.3 is 8.98 Å². The van der Waals surface area contributed by atoms with Crippen LogP contribution >= 0.6 is 11.8 Å². The molecule has 124 valence electrons. The molecule has 5 nitrogen and oxygen atoms in total. The van der Waals surface area contributed by atoms with Crippen LogP contribution in [0.3, 0.4) is 0 Å². The predicted octanol–water partition coefficient (Wildman–Crippen LogP) is 3.98. The van der Waals surface area contributed by atoms with E-state index in [-0.39, 0.29) is 5.78 Å². The van der Waals surface area contributed by atoms with Gasteiger partial charge in [0, 0.05) is 12.6 Å². The summed E-state index contributed by atoms with van der Waals surface area (Å²) in [6.45, 7) is 5.84. The fraction of sp³-hybridized carbons (Fsp3) is 0.278. The van der Waals surface area contributed by atoms with Gasteiger partial charge in [-0.15, -0.1) is 10.2 Å². The van der Waals surface area contributed by atoms with Gasteiger partial charge in [-0.1, -0.05) is 29.5 Å². The second kappa shape index (κ2) is 6.65. The molecule has 0 saturated heterocycles. The van der Waals surface area contributed by atoms with Crippen LogP contribution in [0.4, 0.5) is 0 Å². The number of aryl methyl sites for hydroxylation is 3. The molecule has 3 aromatic rings. The van der Waals surface area contributed by atoms with E-state index in [4.69, 9.17) is 4.42 Å². The molecule has 0 spiro atoms. The molecule has 0 aliphatic carbocycles. The highest BCUT2D eigenvalue weighted by atomic mass is 32.2. The number of nitrogens with zero attached hydrogens (tertiary/aromatic N) is 3. The Labute approximate surface area is 145 Å². The van der Waals surface area contributed by atoms with Crippen molar-refractivity contribution in [2.45, 2.75) is 25.9 Å². The quantitative estimate of drug-likeness (QED) is 0.519. The molecular weight excluding hydrogens is 322 g/mol. The van der Waals surface area contributed by atoms with Gasteiger partial charge in [-0.25, -0.2) is 0 Å². The summed E-state index contributed by atoms with van der Waals surface area (Å²) in [7, 11) is 1.90. The van der Waals surface area contributed by atoms with Crippen molar-refractivity contribution in [3.63, 3.8) is 0 Å². The lowest BCUT2D eigenvalue weighted by Gasteiger charge is -2.06. The zero-order chi connectivity index (χ0) is 17.3. The van der Waals surface area contributed by atoms with Gasteiger partial charge in [0.05, 0.1) is 17.6 Å². The molecule has 0 N–H and O–H groups in total. The molecule has 2 aromatic heterocycles. The van der Waals surface area contributed by atoms with E-state index >= 15 is 0 Å².